The lowest BCUT2D eigenvalue weighted by Crippen LogP contribution is -2.30. The molecule has 1 aliphatic rings. The topological polar surface area (TPSA) is 58.6 Å². The van der Waals surface area contributed by atoms with Gasteiger partial charge in [0.25, 0.3) is 5.91 Å². The van der Waals surface area contributed by atoms with Gasteiger partial charge in [0, 0.05) is 5.02 Å². The monoisotopic (exact) mass is 566 g/mol. The van der Waals surface area contributed by atoms with E-state index in [1.165, 1.54) is 0 Å². The molecule has 0 radical (unpaired) electrons. The van der Waals surface area contributed by atoms with Crippen LogP contribution in [-0.4, -0.2) is 11.9 Å². The molecule has 0 unspecified atom stereocenters. The molecule has 0 aromatic heterocycles. The molecule has 35 heavy (non-hydrogen) atoms. The highest BCUT2D eigenvalue weighted by Gasteiger charge is 2.35. The van der Waals surface area contributed by atoms with E-state index >= 15 is 0 Å². The lowest BCUT2D eigenvalue weighted by molar-refractivity contribution is -0.113. The van der Waals surface area contributed by atoms with Crippen molar-refractivity contribution in [1.29, 1.82) is 0 Å². The third-order valence-corrected chi connectivity index (χ3v) is 6.63. The Labute approximate surface area is 220 Å². The molecule has 1 heterocycles. The number of ether oxygens (including phenoxy) is 1. The van der Waals surface area contributed by atoms with Crippen molar-refractivity contribution >= 4 is 73.6 Å². The molecule has 0 atom stereocenters. The van der Waals surface area contributed by atoms with Gasteiger partial charge in [-0.25, -0.2) is 9.69 Å². The first-order valence-corrected chi connectivity index (χ1v) is 12.2. The van der Waals surface area contributed by atoms with Gasteiger partial charge in [-0.3, -0.25) is 4.79 Å². The molecule has 1 saturated heterocycles. The Bertz CT molecular complexity index is 1490. The number of hydrogen-bond donors (Lipinski definition) is 1. The zero-order valence-corrected chi connectivity index (χ0v) is 21.2. The number of anilines is 1. The minimum Gasteiger partial charge on any atom is -0.486 e. The minimum atomic E-state index is -0.552. The van der Waals surface area contributed by atoms with Gasteiger partial charge in [0.1, 0.15) is 12.3 Å². The number of carbonyl (C=O) groups is 2. The van der Waals surface area contributed by atoms with E-state index in [0.717, 1.165) is 21.2 Å². The quantitative estimate of drug-likeness (QED) is 0.200. The maximum absolute atomic E-state index is 12.9. The molecular formula is C27H17BrCl2N2O3. The molecule has 3 amide bonds. The van der Waals surface area contributed by atoms with Crippen molar-refractivity contribution in [3.8, 4) is 5.75 Å². The zero-order chi connectivity index (χ0) is 24.5. The number of urea groups is 1. The number of carbonyl (C=O) groups excluding carboxylic acids is 2. The summed E-state index contributed by atoms with van der Waals surface area (Å²) in [4.78, 5) is 26.4. The second-order valence-corrected chi connectivity index (χ2v) is 9.55. The molecule has 0 bridgehead atoms. The number of rotatable bonds is 5. The van der Waals surface area contributed by atoms with Gasteiger partial charge in [-0.05, 0) is 74.2 Å². The number of amides is 3. The lowest BCUT2D eigenvalue weighted by atomic mass is 10.1. The van der Waals surface area contributed by atoms with E-state index in [0.29, 0.717) is 38.1 Å². The summed E-state index contributed by atoms with van der Waals surface area (Å²) in [5, 5.41) is 5.65. The maximum atomic E-state index is 12.9. The Morgan fingerprint density at radius 2 is 1.71 bits per heavy atom. The molecule has 4 aromatic carbocycles. The highest BCUT2D eigenvalue weighted by molar-refractivity contribution is 9.10. The van der Waals surface area contributed by atoms with Crippen molar-refractivity contribution in [2.45, 2.75) is 6.61 Å². The van der Waals surface area contributed by atoms with Crippen LogP contribution in [0.2, 0.25) is 10.0 Å². The van der Waals surface area contributed by atoms with Gasteiger partial charge < -0.3 is 10.1 Å². The fourth-order valence-corrected chi connectivity index (χ4v) is 5.09. The van der Waals surface area contributed by atoms with E-state index in [1.54, 1.807) is 42.5 Å². The van der Waals surface area contributed by atoms with Crippen molar-refractivity contribution in [3.63, 3.8) is 0 Å². The Hall–Kier alpha value is -3.32. The van der Waals surface area contributed by atoms with Crippen LogP contribution in [-0.2, 0) is 11.4 Å². The van der Waals surface area contributed by atoms with Gasteiger partial charge >= 0.3 is 6.03 Å². The molecular weight excluding hydrogens is 551 g/mol. The predicted molar refractivity (Wildman–Crippen MR) is 143 cm³/mol. The molecule has 1 fully saturated rings. The van der Waals surface area contributed by atoms with Crippen molar-refractivity contribution in [2.75, 3.05) is 4.90 Å². The lowest BCUT2D eigenvalue weighted by Gasteiger charge is -2.13. The molecule has 8 heteroatoms. The fraction of sp³-hybridized carbons (Fsp3) is 0.0370. The molecule has 1 aliphatic heterocycles. The normalized spacial score (nSPS) is 14.6. The summed E-state index contributed by atoms with van der Waals surface area (Å²) >= 11 is 16.1. The third kappa shape index (κ3) is 4.78. The summed E-state index contributed by atoms with van der Waals surface area (Å²) in [5.41, 5.74) is 2.18. The van der Waals surface area contributed by atoms with E-state index in [-0.39, 0.29) is 5.70 Å². The van der Waals surface area contributed by atoms with Crippen LogP contribution >= 0.6 is 39.1 Å². The number of nitrogens with one attached hydrogen (secondary N) is 1. The number of halogens is 3. The van der Waals surface area contributed by atoms with Crippen LogP contribution in [0.5, 0.6) is 5.75 Å². The Kier molecular flexibility index (Phi) is 6.52. The summed E-state index contributed by atoms with van der Waals surface area (Å²) in [6, 6.07) is 23.6. The van der Waals surface area contributed by atoms with Crippen molar-refractivity contribution < 1.29 is 14.3 Å². The zero-order valence-electron chi connectivity index (χ0n) is 18.1. The first-order valence-electron chi connectivity index (χ1n) is 10.6. The van der Waals surface area contributed by atoms with Gasteiger partial charge in [0.15, 0.2) is 5.75 Å². The van der Waals surface area contributed by atoms with Crippen molar-refractivity contribution in [2.24, 2.45) is 0 Å². The first-order chi connectivity index (χ1) is 16.9. The van der Waals surface area contributed by atoms with Crippen molar-refractivity contribution in [3.05, 3.63) is 110 Å². The first kappa shape index (κ1) is 23.4. The van der Waals surface area contributed by atoms with Crippen LogP contribution in [0, 0.1) is 0 Å². The van der Waals surface area contributed by atoms with E-state index in [2.05, 4.69) is 39.4 Å². The smallest absolute Gasteiger partial charge is 0.333 e. The average Bonchev–Trinajstić information content (AvgIpc) is 3.11. The summed E-state index contributed by atoms with van der Waals surface area (Å²) in [7, 11) is 0. The highest BCUT2D eigenvalue weighted by atomic mass is 79.9. The molecule has 0 spiro atoms. The largest absolute Gasteiger partial charge is 0.486 e. The van der Waals surface area contributed by atoms with Crippen molar-refractivity contribution in [1.82, 2.24) is 5.32 Å². The highest BCUT2D eigenvalue weighted by Crippen LogP contribution is 2.36. The second-order valence-electron chi connectivity index (χ2n) is 7.85. The predicted octanol–water partition coefficient (Wildman–Crippen LogP) is 7.59. The standard InChI is InChI=1S/C27H17BrCl2N2O3/c28-22-11-16(13-24-26(33)32(27(34)31-24)20-9-4-8-19(29)14-20)12-23(30)25(22)35-15-18-7-3-6-17-5-1-2-10-21(17)18/h1-14H,15H2,(H,31,34)/b24-13+. The van der Waals surface area contributed by atoms with E-state index in [4.69, 9.17) is 27.9 Å². The average molecular weight is 568 g/mol. The SMILES string of the molecule is O=C1N/C(=C/c2cc(Cl)c(OCc3cccc4ccccc34)c(Br)c2)C(=O)N1c1cccc(Cl)c1. The molecule has 0 aliphatic carbocycles. The van der Waals surface area contributed by atoms with E-state index in [9.17, 15) is 9.59 Å². The Morgan fingerprint density at radius 1 is 0.943 bits per heavy atom. The molecule has 5 rings (SSSR count). The number of nitrogens with zero attached hydrogens (tertiary/aromatic N) is 1. The summed E-state index contributed by atoms with van der Waals surface area (Å²) < 4.78 is 6.68. The van der Waals surface area contributed by atoms with Crippen LogP contribution in [0.15, 0.2) is 89.0 Å². The van der Waals surface area contributed by atoms with Gasteiger partial charge in [0.05, 0.1) is 15.2 Å². The van der Waals surface area contributed by atoms with Gasteiger partial charge in [0.2, 0.25) is 0 Å². The van der Waals surface area contributed by atoms with E-state index in [1.807, 2.05) is 24.3 Å². The molecule has 0 saturated carbocycles. The van der Waals surface area contributed by atoms with Crippen LogP contribution < -0.4 is 15.0 Å². The number of fused-ring (bicyclic) bond motifs is 1. The number of imide groups is 1. The van der Waals surface area contributed by atoms with Crippen LogP contribution in [0.25, 0.3) is 16.8 Å². The van der Waals surface area contributed by atoms with Crippen LogP contribution in [0.4, 0.5) is 10.5 Å². The second kappa shape index (κ2) is 9.74. The van der Waals surface area contributed by atoms with E-state index < -0.39 is 11.9 Å². The number of benzene rings is 4. The fourth-order valence-electron chi connectivity index (χ4n) is 3.92. The van der Waals surface area contributed by atoms with Gasteiger partial charge in [-0.1, -0.05) is 71.7 Å². The molecule has 1 N–H and O–H groups in total. The number of hydrogen-bond acceptors (Lipinski definition) is 3. The Morgan fingerprint density at radius 3 is 2.51 bits per heavy atom. The summed E-state index contributed by atoms with van der Waals surface area (Å²) in [6.07, 6.45) is 1.57. The minimum absolute atomic E-state index is 0.127. The van der Waals surface area contributed by atoms with Crippen LogP contribution in [0.3, 0.4) is 0 Å². The van der Waals surface area contributed by atoms with Gasteiger partial charge in [-0.15, -0.1) is 0 Å². The molecule has 5 nitrogen and oxygen atoms in total. The van der Waals surface area contributed by atoms with Crippen LogP contribution in [0.1, 0.15) is 11.1 Å². The Balaban J connectivity index is 1.38. The summed E-state index contributed by atoms with van der Waals surface area (Å²) in [6.45, 7) is 0.337. The van der Waals surface area contributed by atoms with Gasteiger partial charge in [-0.2, -0.15) is 0 Å². The molecule has 174 valence electrons. The maximum Gasteiger partial charge on any atom is 0.333 e. The molecule has 4 aromatic rings. The summed E-state index contributed by atoms with van der Waals surface area (Å²) in [5.74, 6) is 0.00452. The third-order valence-electron chi connectivity index (χ3n) is 5.53.